The Balaban J connectivity index is 2.21. The monoisotopic (exact) mass is 344 g/mol. The van der Waals surface area contributed by atoms with Crippen molar-refractivity contribution < 1.29 is 17.9 Å². The summed E-state index contributed by atoms with van der Waals surface area (Å²) in [5.41, 5.74) is 0.893. The van der Waals surface area contributed by atoms with Crippen LogP contribution in [0.1, 0.15) is 16.7 Å². The Morgan fingerprint density at radius 3 is 2.30 bits per heavy atom. The molecule has 0 unspecified atom stereocenters. The van der Waals surface area contributed by atoms with Crippen molar-refractivity contribution in [1.29, 1.82) is 0 Å². The van der Waals surface area contributed by atoms with Crippen LogP contribution in [-0.2, 0) is 18.1 Å². The van der Waals surface area contributed by atoms with E-state index in [2.05, 4.69) is 15.9 Å². The second-order valence-corrected chi connectivity index (χ2v) is 4.79. The van der Waals surface area contributed by atoms with E-state index >= 15 is 0 Å². The Kier molecular flexibility index (Phi) is 4.70. The molecule has 2 aromatic carbocycles. The molecule has 5 heteroatoms. The Labute approximate surface area is 123 Å². The summed E-state index contributed by atoms with van der Waals surface area (Å²) in [5.74, 6) is 0.251. The predicted molar refractivity (Wildman–Crippen MR) is 74.8 cm³/mol. The second-order valence-electron chi connectivity index (χ2n) is 4.23. The van der Waals surface area contributed by atoms with E-state index in [1.165, 1.54) is 6.07 Å². The first-order chi connectivity index (χ1) is 9.50. The lowest BCUT2D eigenvalue weighted by Crippen LogP contribution is -2.06. The molecule has 0 radical (unpaired) electrons. The van der Waals surface area contributed by atoms with E-state index in [-0.39, 0.29) is 12.4 Å². The van der Waals surface area contributed by atoms with Crippen molar-refractivity contribution in [2.45, 2.75) is 18.1 Å². The van der Waals surface area contributed by atoms with Gasteiger partial charge in [0.2, 0.25) is 0 Å². The van der Waals surface area contributed by atoms with Gasteiger partial charge in [-0.2, -0.15) is 13.2 Å². The van der Waals surface area contributed by atoms with Crippen LogP contribution in [0, 0.1) is 0 Å². The van der Waals surface area contributed by atoms with Gasteiger partial charge in [0.1, 0.15) is 12.4 Å². The van der Waals surface area contributed by atoms with Crippen molar-refractivity contribution >= 4 is 15.9 Å². The molecule has 0 aromatic heterocycles. The lowest BCUT2D eigenvalue weighted by atomic mass is 10.1. The van der Waals surface area contributed by atoms with Crippen molar-refractivity contribution in [2.24, 2.45) is 0 Å². The molecule has 0 aliphatic heterocycles. The molecule has 0 amide bonds. The third-order valence-corrected chi connectivity index (χ3v) is 3.38. The number of halogens is 4. The van der Waals surface area contributed by atoms with Gasteiger partial charge in [-0.3, -0.25) is 0 Å². The van der Waals surface area contributed by atoms with Crippen LogP contribution in [0.25, 0.3) is 0 Å². The van der Waals surface area contributed by atoms with E-state index in [9.17, 15) is 13.2 Å². The van der Waals surface area contributed by atoms with E-state index < -0.39 is 11.7 Å². The highest BCUT2D eigenvalue weighted by Gasteiger charge is 2.31. The molecule has 106 valence electrons. The molecule has 0 bridgehead atoms. The maximum absolute atomic E-state index is 12.7. The van der Waals surface area contributed by atoms with Gasteiger partial charge in [0.15, 0.2) is 0 Å². The molecule has 0 aliphatic rings. The summed E-state index contributed by atoms with van der Waals surface area (Å²) < 4.78 is 43.6. The minimum Gasteiger partial charge on any atom is -0.489 e. The largest absolute Gasteiger partial charge is 0.489 e. The third-order valence-electron chi connectivity index (χ3n) is 2.78. The highest BCUT2D eigenvalue weighted by atomic mass is 79.9. The molecule has 0 heterocycles. The van der Waals surface area contributed by atoms with Crippen molar-refractivity contribution in [3.63, 3.8) is 0 Å². The lowest BCUT2D eigenvalue weighted by molar-refractivity contribution is -0.137. The standard InChI is InChI=1S/C15H12BrF3O/c16-9-12-6-7-13(15(17,18)19)8-14(12)20-10-11-4-2-1-3-5-11/h1-8H,9-10H2. The maximum Gasteiger partial charge on any atom is 0.416 e. The first-order valence-electron chi connectivity index (χ1n) is 5.93. The molecule has 2 rings (SSSR count). The highest BCUT2D eigenvalue weighted by molar-refractivity contribution is 9.08. The first kappa shape index (κ1) is 14.9. The molecule has 2 aromatic rings. The number of benzene rings is 2. The molecule has 0 aliphatic carbocycles. The average molecular weight is 345 g/mol. The van der Waals surface area contributed by atoms with Gasteiger partial charge in [-0.1, -0.05) is 52.3 Å². The van der Waals surface area contributed by atoms with Crippen LogP contribution in [0.3, 0.4) is 0 Å². The fourth-order valence-corrected chi connectivity index (χ4v) is 2.17. The normalized spacial score (nSPS) is 11.4. The molecule has 0 spiro atoms. The molecule has 0 fully saturated rings. The third kappa shape index (κ3) is 3.76. The minimum absolute atomic E-state index is 0.238. The Morgan fingerprint density at radius 2 is 1.70 bits per heavy atom. The first-order valence-corrected chi connectivity index (χ1v) is 7.05. The quantitative estimate of drug-likeness (QED) is 0.694. The molecule has 0 atom stereocenters. The topological polar surface area (TPSA) is 9.23 Å². The number of alkyl halides is 4. The van der Waals surface area contributed by atoms with Crippen molar-refractivity contribution in [3.05, 3.63) is 65.2 Å². The number of hydrogen-bond acceptors (Lipinski definition) is 1. The van der Waals surface area contributed by atoms with Gasteiger partial charge in [0.05, 0.1) is 5.56 Å². The predicted octanol–water partition coefficient (Wildman–Crippen LogP) is 5.18. The van der Waals surface area contributed by atoms with Crippen LogP contribution in [0.15, 0.2) is 48.5 Å². The molecule has 0 saturated heterocycles. The number of ether oxygens (including phenoxy) is 1. The fraction of sp³-hybridized carbons (Fsp3) is 0.200. The zero-order valence-electron chi connectivity index (χ0n) is 10.5. The lowest BCUT2D eigenvalue weighted by Gasteiger charge is -2.13. The van der Waals surface area contributed by atoms with Crippen LogP contribution >= 0.6 is 15.9 Å². The van der Waals surface area contributed by atoms with Gasteiger partial charge >= 0.3 is 6.18 Å². The highest BCUT2D eigenvalue weighted by Crippen LogP contribution is 2.34. The average Bonchev–Trinajstić information content (AvgIpc) is 2.45. The van der Waals surface area contributed by atoms with Crippen molar-refractivity contribution in [1.82, 2.24) is 0 Å². The summed E-state index contributed by atoms with van der Waals surface area (Å²) in [7, 11) is 0. The smallest absolute Gasteiger partial charge is 0.416 e. The Bertz CT molecular complexity index is 567. The van der Waals surface area contributed by atoms with Gasteiger partial charge in [-0.15, -0.1) is 0 Å². The number of hydrogen-bond donors (Lipinski definition) is 0. The van der Waals surface area contributed by atoms with E-state index in [1.807, 2.05) is 30.3 Å². The van der Waals surface area contributed by atoms with Gasteiger partial charge < -0.3 is 4.74 Å². The fourth-order valence-electron chi connectivity index (χ4n) is 1.71. The minimum atomic E-state index is -4.37. The van der Waals surface area contributed by atoms with Crippen LogP contribution in [0.4, 0.5) is 13.2 Å². The van der Waals surface area contributed by atoms with Crippen LogP contribution in [0.5, 0.6) is 5.75 Å². The van der Waals surface area contributed by atoms with E-state index in [1.54, 1.807) is 0 Å². The van der Waals surface area contributed by atoms with Gasteiger partial charge in [-0.05, 0) is 17.7 Å². The van der Waals surface area contributed by atoms with Crippen LogP contribution in [0.2, 0.25) is 0 Å². The van der Waals surface area contributed by atoms with Crippen LogP contribution in [-0.4, -0.2) is 0 Å². The summed E-state index contributed by atoms with van der Waals surface area (Å²) in [5, 5.41) is 0.440. The summed E-state index contributed by atoms with van der Waals surface area (Å²) in [4.78, 5) is 0. The molecule has 0 N–H and O–H groups in total. The Morgan fingerprint density at radius 1 is 1.00 bits per heavy atom. The zero-order valence-corrected chi connectivity index (χ0v) is 12.0. The SMILES string of the molecule is FC(F)(F)c1ccc(CBr)c(OCc2ccccc2)c1. The van der Waals surface area contributed by atoms with E-state index in [0.29, 0.717) is 10.9 Å². The van der Waals surface area contributed by atoms with E-state index in [4.69, 9.17) is 4.74 Å². The van der Waals surface area contributed by atoms with E-state index in [0.717, 1.165) is 17.7 Å². The molecular weight excluding hydrogens is 333 g/mol. The molecular formula is C15H12BrF3O. The maximum atomic E-state index is 12.7. The number of rotatable bonds is 4. The van der Waals surface area contributed by atoms with Crippen molar-refractivity contribution in [3.8, 4) is 5.75 Å². The molecule has 0 saturated carbocycles. The summed E-state index contributed by atoms with van der Waals surface area (Å²) in [6.45, 7) is 0.238. The summed E-state index contributed by atoms with van der Waals surface area (Å²) >= 11 is 3.25. The van der Waals surface area contributed by atoms with Gasteiger partial charge in [0, 0.05) is 10.9 Å². The van der Waals surface area contributed by atoms with Gasteiger partial charge in [0.25, 0.3) is 0 Å². The Hall–Kier alpha value is -1.49. The zero-order chi connectivity index (χ0) is 14.6. The van der Waals surface area contributed by atoms with Crippen molar-refractivity contribution in [2.75, 3.05) is 0 Å². The van der Waals surface area contributed by atoms with Crippen LogP contribution < -0.4 is 4.74 Å². The molecule has 1 nitrogen and oxygen atoms in total. The second kappa shape index (κ2) is 6.31. The van der Waals surface area contributed by atoms with Gasteiger partial charge in [-0.25, -0.2) is 0 Å². The summed E-state index contributed by atoms with van der Waals surface area (Å²) in [6.07, 6.45) is -4.37. The molecule has 20 heavy (non-hydrogen) atoms. The summed E-state index contributed by atoms with van der Waals surface area (Å²) in [6, 6.07) is 12.8.